The van der Waals surface area contributed by atoms with E-state index in [1.54, 1.807) is 0 Å². The molecule has 2 rings (SSSR count). The van der Waals surface area contributed by atoms with Crippen molar-refractivity contribution in [2.24, 2.45) is 11.1 Å². The second kappa shape index (κ2) is 4.60. The van der Waals surface area contributed by atoms with Gasteiger partial charge in [-0.1, -0.05) is 13.8 Å². The molecule has 0 bridgehead atoms. The lowest BCUT2D eigenvalue weighted by Gasteiger charge is -2.37. The highest BCUT2D eigenvalue weighted by Gasteiger charge is 2.26. The van der Waals surface area contributed by atoms with E-state index < -0.39 is 0 Å². The van der Waals surface area contributed by atoms with Crippen LogP contribution >= 0.6 is 0 Å². The van der Waals surface area contributed by atoms with Gasteiger partial charge in [-0.05, 0) is 36.9 Å². The molecule has 0 saturated carbocycles. The van der Waals surface area contributed by atoms with Crippen LogP contribution in [0.5, 0.6) is 0 Å². The van der Waals surface area contributed by atoms with E-state index in [4.69, 9.17) is 10.2 Å². The molecular formula is C13H22N2O. The number of furan rings is 1. The SMILES string of the molecule is CC1(C)CCCN(Cc2ccc(CN)o2)C1. The van der Waals surface area contributed by atoms with Gasteiger partial charge in [-0.3, -0.25) is 4.90 Å². The molecule has 1 aliphatic heterocycles. The van der Waals surface area contributed by atoms with Crippen LogP contribution in [-0.4, -0.2) is 18.0 Å². The van der Waals surface area contributed by atoms with Crippen LogP contribution in [0.4, 0.5) is 0 Å². The Morgan fingerprint density at radius 1 is 1.38 bits per heavy atom. The minimum atomic E-state index is 0.446. The molecule has 1 saturated heterocycles. The van der Waals surface area contributed by atoms with Gasteiger partial charge in [0.25, 0.3) is 0 Å². The van der Waals surface area contributed by atoms with Crippen molar-refractivity contribution in [1.82, 2.24) is 4.90 Å². The first-order valence-corrected chi connectivity index (χ1v) is 6.09. The van der Waals surface area contributed by atoms with E-state index in [0.29, 0.717) is 12.0 Å². The summed E-state index contributed by atoms with van der Waals surface area (Å²) in [6, 6.07) is 4.02. The fourth-order valence-corrected chi connectivity index (χ4v) is 2.52. The fourth-order valence-electron chi connectivity index (χ4n) is 2.52. The lowest BCUT2D eigenvalue weighted by atomic mass is 9.84. The van der Waals surface area contributed by atoms with E-state index in [0.717, 1.165) is 24.6 Å². The van der Waals surface area contributed by atoms with Crippen LogP contribution in [0.25, 0.3) is 0 Å². The summed E-state index contributed by atoms with van der Waals surface area (Å²) >= 11 is 0. The zero-order valence-electron chi connectivity index (χ0n) is 10.3. The quantitative estimate of drug-likeness (QED) is 0.853. The third-order valence-corrected chi connectivity index (χ3v) is 3.28. The number of piperidine rings is 1. The first-order chi connectivity index (χ1) is 7.59. The van der Waals surface area contributed by atoms with E-state index in [1.165, 1.54) is 19.4 Å². The minimum absolute atomic E-state index is 0.446. The number of nitrogens with zero attached hydrogens (tertiary/aromatic N) is 1. The maximum Gasteiger partial charge on any atom is 0.118 e. The molecule has 0 radical (unpaired) electrons. The lowest BCUT2D eigenvalue weighted by Crippen LogP contribution is -2.39. The van der Waals surface area contributed by atoms with Gasteiger partial charge in [0.15, 0.2) is 0 Å². The summed E-state index contributed by atoms with van der Waals surface area (Å²) < 4.78 is 5.64. The monoisotopic (exact) mass is 222 g/mol. The Hall–Kier alpha value is -0.800. The summed E-state index contributed by atoms with van der Waals surface area (Å²) in [7, 11) is 0. The van der Waals surface area contributed by atoms with E-state index >= 15 is 0 Å². The number of nitrogens with two attached hydrogens (primary N) is 1. The Morgan fingerprint density at radius 2 is 2.12 bits per heavy atom. The minimum Gasteiger partial charge on any atom is -0.463 e. The van der Waals surface area contributed by atoms with Crippen molar-refractivity contribution in [3.8, 4) is 0 Å². The second-order valence-electron chi connectivity index (χ2n) is 5.55. The molecule has 0 aromatic carbocycles. The van der Waals surface area contributed by atoms with Crippen molar-refractivity contribution >= 4 is 0 Å². The Morgan fingerprint density at radius 3 is 2.75 bits per heavy atom. The molecule has 1 fully saturated rings. The standard InChI is InChI=1S/C13H22N2O/c1-13(2)6-3-7-15(10-13)9-12-5-4-11(8-14)16-12/h4-5H,3,6-10,14H2,1-2H3. The third-order valence-electron chi connectivity index (χ3n) is 3.28. The van der Waals surface area contributed by atoms with Crippen molar-refractivity contribution in [2.45, 2.75) is 39.8 Å². The zero-order valence-corrected chi connectivity index (χ0v) is 10.3. The van der Waals surface area contributed by atoms with Crippen LogP contribution in [0.1, 0.15) is 38.2 Å². The van der Waals surface area contributed by atoms with E-state index in [-0.39, 0.29) is 0 Å². The first-order valence-electron chi connectivity index (χ1n) is 6.09. The van der Waals surface area contributed by atoms with Gasteiger partial charge in [0, 0.05) is 6.54 Å². The molecule has 0 unspecified atom stereocenters. The van der Waals surface area contributed by atoms with Crippen LogP contribution in [-0.2, 0) is 13.1 Å². The number of likely N-dealkylation sites (tertiary alicyclic amines) is 1. The molecule has 0 amide bonds. The maximum atomic E-state index is 5.64. The molecule has 0 aliphatic carbocycles. The fraction of sp³-hybridized carbons (Fsp3) is 0.692. The van der Waals surface area contributed by atoms with Gasteiger partial charge in [-0.2, -0.15) is 0 Å². The highest BCUT2D eigenvalue weighted by atomic mass is 16.3. The van der Waals surface area contributed by atoms with Crippen molar-refractivity contribution < 1.29 is 4.42 Å². The molecule has 90 valence electrons. The Labute approximate surface area is 97.6 Å². The molecule has 1 aliphatic rings. The Balaban J connectivity index is 1.94. The molecular weight excluding hydrogens is 200 g/mol. The Kier molecular flexibility index (Phi) is 3.36. The largest absolute Gasteiger partial charge is 0.463 e. The van der Waals surface area contributed by atoms with Crippen molar-refractivity contribution in [3.63, 3.8) is 0 Å². The summed E-state index contributed by atoms with van der Waals surface area (Å²) in [5.74, 6) is 1.92. The van der Waals surface area contributed by atoms with Crippen molar-refractivity contribution in [1.29, 1.82) is 0 Å². The van der Waals surface area contributed by atoms with Crippen LogP contribution < -0.4 is 5.73 Å². The van der Waals surface area contributed by atoms with Crippen molar-refractivity contribution in [3.05, 3.63) is 23.7 Å². The van der Waals surface area contributed by atoms with Gasteiger partial charge in [-0.25, -0.2) is 0 Å². The summed E-state index contributed by atoms with van der Waals surface area (Å²) in [5, 5.41) is 0. The third kappa shape index (κ3) is 2.86. The molecule has 0 spiro atoms. The van der Waals surface area contributed by atoms with E-state index in [9.17, 15) is 0 Å². The molecule has 1 aromatic rings. The highest BCUT2D eigenvalue weighted by Crippen LogP contribution is 2.29. The van der Waals surface area contributed by atoms with Crippen LogP contribution in [0.15, 0.2) is 16.5 Å². The maximum absolute atomic E-state index is 5.64. The molecule has 0 atom stereocenters. The summed E-state index contributed by atoms with van der Waals surface area (Å²) in [4.78, 5) is 2.47. The van der Waals surface area contributed by atoms with Crippen LogP contribution in [0.2, 0.25) is 0 Å². The number of hydrogen-bond donors (Lipinski definition) is 1. The predicted molar refractivity (Wildman–Crippen MR) is 64.9 cm³/mol. The molecule has 2 heterocycles. The second-order valence-corrected chi connectivity index (χ2v) is 5.55. The summed E-state index contributed by atoms with van der Waals surface area (Å²) in [6.45, 7) is 8.43. The average Bonchev–Trinajstić information content (AvgIpc) is 2.64. The molecule has 2 N–H and O–H groups in total. The van der Waals surface area contributed by atoms with E-state index in [2.05, 4.69) is 18.7 Å². The average molecular weight is 222 g/mol. The number of rotatable bonds is 3. The van der Waals surface area contributed by atoms with Gasteiger partial charge < -0.3 is 10.2 Å². The lowest BCUT2D eigenvalue weighted by molar-refractivity contribution is 0.104. The normalized spacial score (nSPS) is 21.2. The topological polar surface area (TPSA) is 42.4 Å². The van der Waals surface area contributed by atoms with Crippen LogP contribution in [0, 0.1) is 5.41 Å². The van der Waals surface area contributed by atoms with E-state index in [1.807, 2.05) is 12.1 Å². The van der Waals surface area contributed by atoms with Gasteiger partial charge in [-0.15, -0.1) is 0 Å². The summed E-state index contributed by atoms with van der Waals surface area (Å²) in [5.41, 5.74) is 5.98. The van der Waals surface area contributed by atoms with Gasteiger partial charge in [0.05, 0.1) is 13.1 Å². The molecule has 16 heavy (non-hydrogen) atoms. The van der Waals surface area contributed by atoms with Gasteiger partial charge in [0.1, 0.15) is 11.5 Å². The van der Waals surface area contributed by atoms with Gasteiger partial charge in [0.2, 0.25) is 0 Å². The molecule has 1 aromatic heterocycles. The first kappa shape index (κ1) is 11.7. The highest BCUT2D eigenvalue weighted by molar-refractivity contribution is 5.07. The number of hydrogen-bond acceptors (Lipinski definition) is 3. The van der Waals surface area contributed by atoms with Crippen molar-refractivity contribution in [2.75, 3.05) is 13.1 Å². The molecule has 3 heteroatoms. The van der Waals surface area contributed by atoms with Gasteiger partial charge >= 0.3 is 0 Å². The zero-order chi connectivity index (χ0) is 11.6. The predicted octanol–water partition coefficient (Wildman–Crippen LogP) is 2.36. The Bertz CT molecular complexity index is 343. The molecule has 3 nitrogen and oxygen atoms in total. The smallest absolute Gasteiger partial charge is 0.118 e. The van der Waals surface area contributed by atoms with Crippen LogP contribution in [0.3, 0.4) is 0 Å². The summed E-state index contributed by atoms with van der Waals surface area (Å²) in [6.07, 6.45) is 2.62.